The molecule has 0 aromatic heterocycles. The van der Waals surface area contributed by atoms with Crippen LogP contribution in [0.1, 0.15) is 21.5 Å². The summed E-state index contributed by atoms with van der Waals surface area (Å²) < 4.78 is 10.7. The van der Waals surface area contributed by atoms with Crippen molar-refractivity contribution in [2.45, 2.75) is 13.0 Å². The van der Waals surface area contributed by atoms with Gasteiger partial charge in [0.1, 0.15) is 5.75 Å². The fraction of sp³-hybridized carbons (Fsp3) is 0.217. The van der Waals surface area contributed by atoms with Gasteiger partial charge in [-0.3, -0.25) is 4.79 Å². The summed E-state index contributed by atoms with van der Waals surface area (Å²) >= 11 is 0. The minimum atomic E-state index is -0.510. The van der Waals surface area contributed by atoms with Gasteiger partial charge in [-0.15, -0.1) is 0 Å². The Balaban J connectivity index is 1.45. The summed E-state index contributed by atoms with van der Waals surface area (Å²) in [6, 6.07) is 19.0. The van der Waals surface area contributed by atoms with Gasteiger partial charge in [0.25, 0.3) is 5.91 Å². The maximum absolute atomic E-state index is 12.6. The first kappa shape index (κ1) is 18.0. The molecule has 1 amide bonds. The van der Waals surface area contributed by atoms with Gasteiger partial charge in [-0.1, -0.05) is 48.5 Å². The van der Waals surface area contributed by atoms with Crippen LogP contribution in [0.2, 0.25) is 0 Å². The molecule has 142 valence electrons. The highest BCUT2D eigenvalue weighted by Gasteiger charge is 2.22. The van der Waals surface area contributed by atoms with Crippen molar-refractivity contribution in [3.63, 3.8) is 0 Å². The number of benzene rings is 3. The summed E-state index contributed by atoms with van der Waals surface area (Å²) in [5.41, 5.74) is 2.84. The SMILES string of the molecule is COc1ccc(C(=O)OCC(=O)N2CCc3ccccc3C2)c2ccccc12. The largest absolute Gasteiger partial charge is 0.496 e. The Morgan fingerprint density at radius 1 is 0.929 bits per heavy atom. The van der Waals surface area contributed by atoms with Gasteiger partial charge in [0.15, 0.2) is 6.61 Å². The third-order valence-corrected chi connectivity index (χ3v) is 5.13. The molecular weight excluding hydrogens is 354 g/mol. The summed E-state index contributed by atoms with van der Waals surface area (Å²) in [7, 11) is 1.59. The fourth-order valence-electron chi connectivity index (χ4n) is 3.63. The van der Waals surface area contributed by atoms with Crippen LogP contribution in [0.15, 0.2) is 60.7 Å². The number of esters is 1. The number of methoxy groups -OCH3 is 1. The van der Waals surface area contributed by atoms with Crippen LogP contribution < -0.4 is 4.74 Å². The lowest BCUT2D eigenvalue weighted by molar-refractivity contribution is -0.135. The molecule has 0 atom stereocenters. The predicted molar refractivity (Wildman–Crippen MR) is 106 cm³/mol. The van der Waals surface area contributed by atoms with Crippen molar-refractivity contribution in [3.8, 4) is 5.75 Å². The van der Waals surface area contributed by atoms with E-state index >= 15 is 0 Å². The molecular formula is C23H21NO4. The van der Waals surface area contributed by atoms with Gasteiger partial charge >= 0.3 is 5.97 Å². The molecule has 28 heavy (non-hydrogen) atoms. The topological polar surface area (TPSA) is 55.8 Å². The number of carbonyl (C=O) groups excluding carboxylic acids is 2. The van der Waals surface area contributed by atoms with Crippen LogP contribution in [0.5, 0.6) is 5.75 Å². The van der Waals surface area contributed by atoms with Gasteiger partial charge in [-0.2, -0.15) is 0 Å². The molecule has 4 rings (SSSR count). The predicted octanol–water partition coefficient (Wildman–Crippen LogP) is 3.59. The maximum Gasteiger partial charge on any atom is 0.339 e. The first-order valence-electron chi connectivity index (χ1n) is 9.25. The minimum absolute atomic E-state index is 0.180. The van der Waals surface area contributed by atoms with Gasteiger partial charge in [0, 0.05) is 18.5 Å². The Morgan fingerprint density at radius 3 is 2.43 bits per heavy atom. The number of amides is 1. The number of hydrogen-bond donors (Lipinski definition) is 0. The molecule has 1 aliphatic heterocycles. The Labute approximate surface area is 163 Å². The molecule has 0 radical (unpaired) electrons. The van der Waals surface area contributed by atoms with E-state index in [2.05, 4.69) is 6.07 Å². The van der Waals surface area contributed by atoms with E-state index in [1.165, 1.54) is 5.56 Å². The van der Waals surface area contributed by atoms with Crippen molar-refractivity contribution in [2.75, 3.05) is 20.3 Å². The smallest absolute Gasteiger partial charge is 0.339 e. The Morgan fingerprint density at radius 2 is 1.64 bits per heavy atom. The Bertz CT molecular complexity index is 1040. The van der Waals surface area contributed by atoms with Crippen LogP contribution >= 0.6 is 0 Å². The number of carbonyl (C=O) groups is 2. The summed E-state index contributed by atoms with van der Waals surface area (Å²) in [6.07, 6.45) is 0.818. The van der Waals surface area contributed by atoms with E-state index in [1.54, 1.807) is 24.1 Å². The van der Waals surface area contributed by atoms with Crippen LogP contribution in [0.3, 0.4) is 0 Å². The van der Waals surface area contributed by atoms with Gasteiger partial charge < -0.3 is 14.4 Å². The highest BCUT2D eigenvalue weighted by molar-refractivity contribution is 6.06. The quantitative estimate of drug-likeness (QED) is 0.654. The van der Waals surface area contributed by atoms with Crippen LogP contribution in [-0.4, -0.2) is 37.0 Å². The van der Waals surface area contributed by atoms with Crippen LogP contribution in [0.25, 0.3) is 10.8 Å². The van der Waals surface area contributed by atoms with E-state index in [4.69, 9.17) is 9.47 Å². The van der Waals surface area contributed by atoms with Crippen molar-refractivity contribution in [2.24, 2.45) is 0 Å². The summed E-state index contributed by atoms with van der Waals surface area (Å²) in [6.45, 7) is 0.929. The second kappa shape index (κ2) is 7.72. The number of fused-ring (bicyclic) bond motifs is 2. The molecule has 1 aliphatic rings. The van der Waals surface area contributed by atoms with Crippen LogP contribution in [0.4, 0.5) is 0 Å². The van der Waals surface area contributed by atoms with Gasteiger partial charge in [-0.05, 0) is 35.1 Å². The van der Waals surface area contributed by atoms with Crippen molar-refractivity contribution in [3.05, 3.63) is 77.4 Å². The molecule has 1 heterocycles. The molecule has 3 aromatic rings. The fourth-order valence-corrected chi connectivity index (χ4v) is 3.63. The zero-order chi connectivity index (χ0) is 19.5. The average Bonchev–Trinajstić information content (AvgIpc) is 2.76. The standard InChI is InChI=1S/C23H21NO4/c1-27-21-11-10-20(18-8-4-5-9-19(18)21)23(26)28-15-22(25)24-13-12-16-6-2-3-7-17(16)14-24/h2-11H,12-15H2,1H3. The van der Waals surface area contributed by atoms with Gasteiger partial charge in [-0.25, -0.2) is 4.79 Å². The van der Waals surface area contributed by atoms with Gasteiger partial charge in [0.2, 0.25) is 0 Å². The van der Waals surface area contributed by atoms with E-state index in [0.717, 1.165) is 22.8 Å². The van der Waals surface area contributed by atoms with Crippen molar-refractivity contribution in [1.29, 1.82) is 0 Å². The van der Waals surface area contributed by atoms with E-state index < -0.39 is 5.97 Å². The molecule has 0 saturated heterocycles. The molecule has 0 bridgehead atoms. The highest BCUT2D eigenvalue weighted by atomic mass is 16.5. The molecule has 5 nitrogen and oxygen atoms in total. The Hall–Kier alpha value is -3.34. The lowest BCUT2D eigenvalue weighted by Gasteiger charge is -2.28. The maximum atomic E-state index is 12.6. The van der Waals surface area contributed by atoms with Crippen molar-refractivity contribution in [1.82, 2.24) is 4.90 Å². The second-order valence-electron chi connectivity index (χ2n) is 6.77. The number of ether oxygens (including phenoxy) is 2. The molecule has 0 aliphatic carbocycles. The Kier molecular flexibility index (Phi) is 4.98. The molecule has 3 aromatic carbocycles. The minimum Gasteiger partial charge on any atom is -0.496 e. The van der Waals surface area contributed by atoms with Gasteiger partial charge in [0.05, 0.1) is 12.7 Å². The summed E-state index contributed by atoms with van der Waals surface area (Å²) in [5.74, 6) is 0.000455. The highest BCUT2D eigenvalue weighted by Crippen LogP contribution is 2.28. The zero-order valence-electron chi connectivity index (χ0n) is 15.7. The molecule has 0 spiro atoms. The van der Waals surface area contributed by atoms with E-state index in [-0.39, 0.29) is 12.5 Å². The first-order valence-corrected chi connectivity index (χ1v) is 9.25. The average molecular weight is 375 g/mol. The molecule has 0 unspecified atom stereocenters. The third-order valence-electron chi connectivity index (χ3n) is 5.13. The summed E-state index contributed by atoms with van der Waals surface area (Å²) in [5, 5.41) is 1.57. The zero-order valence-corrected chi connectivity index (χ0v) is 15.7. The monoisotopic (exact) mass is 375 g/mol. The molecule has 5 heteroatoms. The van der Waals surface area contributed by atoms with Crippen LogP contribution in [-0.2, 0) is 22.5 Å². The van der Waals surface area contributed by atoms with E-state index in [0.29, 0.717) is 24.4 Å². The first-order chi connectivity index (χ1) is 13.7. The molecule has 0 N–H and O–H groups in total. The normalized spacial score (nSPS) is 13.1. The van der Waals surface area contributed by atoms with E-state index in [9.17, 15) is 9.59 Å². The van der Waals surface area contributed by atoms with Crippen molar-refractivity contribution < 1.29 is 19.1 Å². The number of nitrogens with zero attached hydrogens (tertiary/aromatic N) is 1. The third kappa shape index (κ3) is 3.43. The lowest BCUT2D eigenvalue weighted by Crippen LogP contribution is -2.38. The number of hydrogen-bond acceptors (Lipinski definition) is 4. The molecule has 0 saturated carbocycles. The summed E-state index contributed by atoms with van der Waals surface area (Å²) in [4.78, 5) is 26.9. The lowest BCUT2D eigenvalue weighted by atomic mass is 10.00. The van der Waals surface area contributed by atoms with Crippen molar-refractivity contribution >= 4 is 22.6 Å². The molecule has 0 fully saturated rings. The van der Waals surface area contributed by atoms with E-state index in [1.807, 2.05) is 42.5 Å². The second-order valence-corrected chi connectivity index (χ2v) is 6.77. The number of rotatable bonds is 4. The van der Waals surface area contributed by atoms with Crippen LogP contribution in [0, 0.1) is 0 Å².